The number of carbonyl (C=O) groups is 1. The van der Waals surface area contributed by atoms with E-state index in [1.165, 1.54) is 18.4 Å². The number of hydrogen-bond acceptors (Lipinski definition) is 3. The third-order valence-corrected chi connectivity index (χ3v) is 5.72. The second-order valence-electron chi connectivity index (χ2n) is 7.43. The summed E-state index contributed by atoms with van der Waals surface area (Å²) in [5.74, 6) is 0.295. The minimum Gasteiger partial charge on any atom is -0.341 e. The molecule has 2 aliphatic rings. The van der Waals surface area contributed by atoms with Gasteiger partial charge in [-0.3, -0.25) is 9.69 Å². The van der Waals surface area contributed by atoms with Crippen LogP contribution in [0, 0.1) is 0 Å². The molecule has 0 bridgehead atoms. The number of nitrogens with one attached hydrogen (secondary N) is 1. The van der Waals surface area contributed by atoms with Crippen molar-refractivity contribution in [2.45, 2.75) is 63.7 Å². The number of nitrogens with zero attached hydrogens (tertiary/aromatic N) is 2. The molecule has 0 spiro atoms. The molecule has 2 aliphatic heterocycles. The third kappa shape index (κ3) is 4.17. The standard InChI is InChI=1S/C20H31N3O/c1-16-14-18(22(2)20(24)19-10-6-7-12-21-19)11-13-23(16)15-17-8-4-3-5-9-17/h3-5,8-9,16,18-19,21H,6-7,10-15H2,1-2H3/t16?,18?,19-/m1/s1. The monoisotopic (exact) mass is 329 g/mol. The number of rotatable bonds is 4. The third-order valence-electron chi connectivity index (χ3n) is 5.72. The van der Waals surface area contributed by atoms with Gasteiger partial charge in [0.2, 0.25) is 5.91 Å². The highest BCUT2D eigenvalue weighted by atomic mass is 16.2. The lowest BCUT2D eigenvalue weighted by atomic mass is 9.95. The first-order valence-corrected chi connectivity index (χ1v) is 9.43. The molecule has 24 heavy (non-hydrogen) atoms. The summed E-state index contributed by atoms with van der Waals surface area (Å²) in [6.07, 6.45) is 5.51. The van der Waals surface area contributed by atoms with E-state index in [9.17, 15) is 4.79 Å². The highest BCUT2D eigenvalue weighted by Gasteiger charge is 2.32. The van der Waals surface area contributed by atoms with Crippen molar-refractivity contribution < 1.29 is 4.79 Å². The molecular weight excluding hydrogens is 298 g/mol. The summed E-state index contributed by atoms with van der Waals surface area (Å²) < 4.78 is 0. The summed E-state index contributed by atoms with van der Waals surface area (Å²) in [5, 5.41) is 3.39. The molecule has 4 nitrogen and oxygen atoms in total. The number of hydrogen-bond donors (Lipinski definition) is 1. The van der Waals surface area contributed by atoms with Crippen LogP contribution in [0.2, 0.25) is 0 Å². The first-order valence-electron chi connectivity index (χ1n) is 9.43. The Labute approximate surface area is 146 Å². The van der Waals surface area contributed by atoms with Gasteiger partial charge in [-0.1, -0.05) is 36.8 Å². The Bertz CT molecular complexity index is 527. The minimum absolute atomic E-state index is 0.0430. The van der Waals surface area contributed by atoms with Gasteiger partial charge in [0.15, 0.2) is 0 Å². The number of piperidine rings is 2. The second kappa shape index (κ2) is 8.13. The zero-order valence-electron chi connectivity index (χ0n) is 15.1. The van der Waals surface area contributed by atoms with Crippen molar-refractivity contribution in [1.29, 1.82) is 0 Å². The van der Waals surface area contributed by atoms with Crippen LogP contribution in [-0.4, -0.2) is 54.0 Å². The van der Waals surface area contributed by atoms with E-state index in [2.05, 4.69) is 47.5 Å². The molecule has 2 fully saturated rings. The molecule has 1 amide bonds. The molecule has 2 heterocycles. The van der Waals surface area contributed by atoms with E-state index in [1.807, 2.05) is 11.9 Å². The molecule has 3 rings (SSSR count). The molecule has 0 aliphatic carbocycles. The van der Waals surface area contributed by atoms with Crippen LogP contribution in [-0.2, 0) is 11.3 Å². The van der Waals surface area contributed by atoms with Gasteiger partial charge in [0.05, 0.1) is 6.04 Å². The SMILES string of the molecule is CC1CC(N(C)C(=O)[C@H]2CCCCN2)CCN1Cc1ccccc1. The quantitative estimate of drug-likeness (QED) is 0.922. The first kappa shape index (κ1) is 17.4. The average molecular weight is 329 g/mol. The van der Waals surface area contributed by atoms with Crippen molar-refractivity contribution in [3.63, 3.8) is 0 Å². The molecule has 3 atom stereocenters. The molecule has 0 aromatic heterocycles. The molecule has 132 valence electrons. The molecule has 0 radical (unpaired) electrons. The van der Waals surface area contributed by atoms with E-state index in [0.29, 0.717) is 18.0 Å². The van der Waals surface area contributed by atoms with E-state index >= 15 is 0 Å². The second-order valence-corrected chi connectivity index (χ2v) is 7.43. The average Bonchev–Trinajstić information content (AvgIpc) is 2.64. The van der Waals surface area contributed by atoms with Crippen LogP contribution in [0.15, 0.2) is 30.3 Å². The molecule has 2 saturated heterocycles. The molecule has 2 unspecified atom stereocenters. The van der Waals surface area contributed by atoms with Gasteiger partial charge in [-0.2, -0.15) is 0 Å². The van der Waals surface area contributed by atoms with Crippen LogP contribution in [0.3, 0.4) is 0 Å². The van der Waals surface area contributed by atoms with Crippen LogP contribution in [0.4, 0.5) is 0 Å². The fourth-order valence-electron chi connectivity index (χ4n) is 4.09. The van der Waals surface area contributed by atoms with Gasteiger partial charge < -0.3 is 10.2 Å². The first-order chi connectivity index (χ1) is 11.6. The van der Waals surface area contributed by atoms with Gasteiger partial charge in [-0.25, -0.2) is 0 Å². The Morgan fingerprint density at radius 2 is 2.04 bits per heavy atom. The molecular formula is C20H31N3O. The lowest BCUT2D eigenvalue weighted by Gasteiger charge is -2.42. The van der Waals surface area contributed by atoms with Gasteiger partial charge in [-0.05, 0) is 44.7 Å². The molecule has 1 aromatic rings. The fourth-order valence-corrected chi connectivity index (χ4v) is 4.09. The van der Waals surface area contributed by atoms with Crippen LogP contribution < -0.4 is 5.32 Å². The molecule has 1 aromatic carbocycles. The number of likely N-dealkylation sites (tertiary alicyclic amines) is 1. The maximum Gasteiger partial charge on any atom is 0.239 e. The van der Waals surface area contributed by atoms with Crippen molar-refractivity contribution >= 4 is 5.91 Å². The van der Waals surface area contributed by atoms with Crippen LogP contribution in [0.1, 0.15) is 44.6 Å². The van der Waals surface area contributed by atoms with E-state index < -0.39 is 0 Å². The Hall–Kier alpha value is -1.39. The molecule has 1 N–H and O–H groups in total. The lowest BCUT2D eigenvalue weighted by Crippen LogP contribution is -2.54. The van der Waals surface area contributed by atoms with Crippen molar-refractivity contribution in [2.24, 2.45) is 0 Å². The number of amides is 1. The zero-order chi connectivity index (χ0) is 16.9. The largest absolute Gasteiger partial charge is 0.341 e. The van der Waals surface area contributed by atoms with Crippen molar-refractivity contribution in [3.05, 3.63) is 35.9 Å². The Kier molecular flexibility index (Phi) is 5.90. The predicted octanol–water partition coefficient (Wildman–Crippen LogP) is 2.64. The maximum atomic E-state index is 12.7. The lowest BCUT2D eigenvalue weighted by molar-refractivity contribution is -0.136. The predicted molar refractivity (Wildman–Crippen MR) is 97.7 cm³/mol. The van der Waals surface area contributed by atoms with Crippen LogP contribution >= 0.6 is 0 Å². The number of benzene rings is 1. The highest BCUT2D eigenvalue weighted by molar-refractivity contribution is 5.82. The Balaban J connectivity index is 1.53. The van der Waals surface area contributed by atoms with Crippen LogP contribution in [0.25, 0.3) is 0 Å². The molecule has 0 saturated carbocycles. The summed E-state index contributed by atoms with van der Waals surface area (Å²) in [6, 6.07) is 11.6. The minimum atomic E-state index is 0.0430. The smallest absolute Gasteiger partial charge is 0.239 e. The van der Waals surface area contributed by atoms with Gasteiger partial charge in [0, 0.05) is 32.2 Å². The summed E-state index contributed by atoms with van der Waals surface area (Å²) in [5.41, 5.74) is 1.37. The Morgan fingerprint density at radius 3 is 2.71 bits per heavy atom. The van der Waals surface area contributed by atoms with Gasteiger partial charge >= 0.3 is 0 Å². The molecule has 4 heteroatoms. The fraction of sp³-hybridized carbons (Fsp3) is 0.650. The summed E-state index contributed by atoms with van der Waals surface area (Å²) in [7, 11) is 2.00. The topological polar surface area (TPSA) is 35.6 Å². The van der Waals surface area contributed by atoms with Crippen LogP contribution in [0.5, 0.6) is 0 Å². The van der Waals surface area contributed by atoms with Gasteiger partial charge in [0.25, 0.3) is 0 Å². The highest BCUT2D eigenvalue weighted by Crippen LogP contribution is 2.24. The number of carbonyl (C=O) groups excluding carboxylic acids is 1. The summed E-state index contributed by atoms with van der Waals surface area (Å²) >= 11 is 0. The van der Waals surface area contributed by atoms with E-state index in [0.717, 1.165) is 38.9 Å². The van der Waals surface area contributed by atoms with Crippen molar-refractivity contribution in [1.82, 2.24) is 15.1 Å². The number of likely N-dealkylation sites (N-methyl/N-ethyl adjacent to an activating group) is 1. The van der Waals surface area contributed by atoms with Gasteiger partial charge in [0.1, 0.15) is 0 Å². The van der Waals surface area contributed by atoms with E-state index in [1.54, 1.807) is 0 Å². The maximum absolute atomic E-state index is 12.7. The van der Waals surface area contributed by atoms with Gasteiger partial charge in [-0.15, -0.1) is 0 Å². The van der Waals surface area contributed by atoms with Crippen molar-refractivity contribution in [2.75, 3.05) is 20.1 Å². The normalized spacial score (nSPS) is 28.5. The Morgan fingerprint density at radius 1 is 1.25 bits per heavy atom. The summed E-state index contributed by atoms with van der Waals surface area (Å²) in [4.78, 5) is 17.3. The van der Waals surface area contributed by atoms with Crippen molar-refractivity contribution in [3.8, 4) is 0 Å². The summed E-state index contributed by atoms with van der Waals surface area (Å²) in [6.45, 7) is 5.36. The van der Waals surface area contributed by atoms with E-state index in [-0.39, 0.29) is 6.04 Å². The van der Waals surface area contributed by atoms with E-state index in [4.69, 9.17) is 0 Å². The zero-order valence-corrected chi connectivity index (χ0v) is 15.1.